The molecule has 2 aliphatic rings. The predicted octanol–water partition coefficient (Wildman–Crippen LogP) is 0.0314. The van der Waals surface area contributed by atoms with E-state index in [1.807, 2.05) is 0 Å². The van der Waals surface area contributed by atoms with Crippen LogP contribution in [0.4, 0.5) is 0 Å². The Labute approximate surface area is 119 Å². The van der Waals surface area contributed by atoms with Crippen molar-refractivity contribution in [2.45, 2.75) is 38.5 Å². The van der Waals surface area contributed by atoms with Crippen molar-refractivity contribution >= 4 is 17.7 Å². The Morgan fingerprint density at radius 3 is 2.55 bits per heavy atom. The fraction of sp³-hybridized carbons (Fsp3) is 0.786. The van der Waals surface area contributed by atoms with Crippen LogP contribution in [0.15, 0.2) is 0 Å². The Kier molecular flexibility index (Phi) is 5.38. The predicted molar refractivity (Wildman–Crippen MR) is 73.8 cm³/mol. The molecule has 2 fully saturated rings. The smallest absolute Gasteiger partial charge is 0.240 e. The van der Waals surface area contributed by atoms with Crippen LogP contribution >= 0.6 is 0 Å². The summed E-state index contributed by atoms with van der Waals surface area (Å²) in [6.07, 6.45) is 5.99. The third kappa shape index (κ3) is 4.51. The van der Waals surface area contributed by atoms with E-state index >= 15 is 0 Å². The van der Waals surface area contributed by atoms with Gasteiger partial charge < -0.3 is 15.5 Å². The molecule has 3 amide bonds. The lowest BCUT2D eigenvalue weighted by molar-refractivity contribution is -0.138. The van der Waals surface area contributed by atoms with Crippen molar-refractivity contribution in [3.63, 3.8) is 0 Å². The molecule has 0 aromatic heterocycles. The molecule has 0 radical (unpaired) electrons. The van der Waals surface area contributed by atoms with Gasteiger partial charge in [-0.3, -0.25) is 14.4 Å². The Morgan fingerprint density at radius 2 is 1.90 bits per heavy atom. The number of carbonyl (C=O) groups is 3. The Bertz CT molecular complexity index is 380. The second kappa shape index (κ2) is 7.26. The summed E-state index contributed by atoms with van der Waals surface area (Å²) >= 11 is 0. The molecule has 20 heavy (non-hydrogen) atoms. The molecule has 0 bridgehead atoms. The number of hydrogen-bond donors (Lipinski definition) is 2. The molecule has 1 saturated carbocycles. The van der Waals surface area contributed by atoms with E-state index in [-0.39, 0.29) is 30.8 Å². The quantitative estimate of drug-likeness (QED) is 0.721. The van der Waals surface area contributed by atoms with Crippen molar-refractivity contribution in [3.05, 3.63) is 0 Å². The highest BCUT2D eigenvalue weighted by Crippen LogP contribution is 2.24. The van der Waals surface area contributed by atoms with Gasteiger partial charge in [-0.25, -0.2) is 0 Å². The van der Waals surface area contributed by atoms with Crippen molar-refractivity contribution in [1.82, 2.24) is 15.5 Å². The first-order valence-electron chi connectivity index (χ1n) is 7.46. The zero-order chi connectivity index (χ0) is 14.4. The van der Waals surface area contributed by atoms with Crippen LogP contribution in [0.2, 0.25) is 0 Å². The maximum atomic E-state index is 11.7. The lowest BCUT2D eigenvalue weighted by atomic mass is 9.85. The molecular weight excluding hydrogens is 258 g/mol. The fourth-order valence-corrected chi connectivity index (χ4v) is 2.45. The molecule has 0 aromatic carbocycles. The second-order valence-electron chi connectivity index (χ2n) is 5.65. The molecule has 1 heterocycles. The summed E-state index contributed by atoms with van der Waals surface area (Å²) in [5.41, 5.74) is 0. The van der Waals surface area contributed by atoms with Crippen LogP contribution in [0.25, 0.3) is 0 Å². The van der Waals surface area contributed by atoms with E-state index < -0.39 is 0 Å². The largest absolute Gasteiger partial charge is 0.354 e. The van der Waals surface area contributed by atoms with E-state index in [1.165, 1.54) is 19.3 Å². The molecule has 0 spiro atoms. The van der Waals surface area contributed by atoms with E-state index in [0.29, 0.717) is 25.4 Å². The van der Waals surface area contributed by atoms with Gasteiger partial charge in [0.25, 0.3) is 0 Å². The zero-order valence-electron chi connectivity index (χ0n) is 11.8. The standard InChI is InChI=1S/C14H23N3O3/c18-12(15-8-11-4-3-5-11)9-16-13(19)10-17-7-2-1-6-14(17)20/h11H,1-10H2,(H,15,18)(H,16,19). The van der Waals surface area contributed by atoms with E-state index in [1.54, 1.807) is 4.90 Å². The Balaban J connectivity index is 1.58. The lowest BCUT2D eigenvalue weighted by Crippen LogP contribution is -2.46. The molecule has 2 N–H and O–H groups in total. The molecule has 2 rings (SSSR count). The maximum Gasteiger partial charge on any atom is 0.240 e. The van der Waals surface area contributed by atoms with Gasteiger partial charge in [-0.1, -0.05) is 6.42 Å². The van der Waals surface area contributed by atoms with Gasteiger partial charge in [0, 0.05) is 19.5 Å². The fourth-order valence-electron chi connectivity index (χ4n) is 2.45. The molecular formula is C14H23N3O3. The minimum atomic E-state index is -0.265. The highest BCUT2D eigenvalue weighted by molar-refractivity contribution is 5.88. The highest BCUT2D eigenvalue weighted by atomic mass is 16.2. The van der Waals surface area contributed by atoms with Gasteiger partial charge >= 0.3 is 0 Å². The number of carbonyl (C=O) groups excluding carboxylic acids is 3. The number of likely N-dealkylation sites (tertiary alicyclic amines) is 1. The third-order valence-corrected chi connectivity index (χ3v) is 4.01. The summed E-state index contributed by atoms with van der Waals surface area (Å²) < 4.78 is 0. The average molecular weight is 281 g/mol. The minimum absolute atomic E-state index is 0.00637. The van der Waals surface area contributed by atoms with Crippen molar-refractivity contribution in [2.24, 2.45) is 5.92 Å². The Morgan fingerprint density at radius 1 is 1.10 bits per heavy atom. The third-order valence-electron chi connectivity index (χ3n) is 4.01. The molecule has 1 aliphatic carbocycles. The van der Waals surface area contributed by atoms with E-state index in [2.05, 4.69) is 10.6 Å². The van der Waals surface area contributed by atoms with Crippen LogP contribution in [0, 0.1) is 5.92 Å². The van der Waals surface area contributed by atoms with Crippen LogP contribution in [-0.2, 0) is 14.4 Å². The van der Waals surface area contributed by atoms with Gasteiger partial charge in [0.15, 0.2) is 0 Å². The molecule has 0 aromatic rings. The van der Waals surface area contributed by atoms with E-state index in [0.717, 1.165) is 12.8 Å². The molecule has 6 nitrogen and oxygen atoms in total. The van der Waals surface area contributed by atoms with Crippen LogP contribution in [-0.4, -0.2) is 48.8 Å². The SMILES string of the molecule is O=C(CNC(=O)CN1CCCCC1=O)NCC1CCC1. The lowest BCUT2D eigenvalue weighted by Gasteiger charge is -2.26. The summed E-state index contributed by atoms with van der Waals surface area (Å²) in [5, 5.41) is 5.38. The first-order valence-corrected chi connectivity index (χ1v) is 7.46. The molecule has 112 valence electrons. The van der Waals surface area contributed by atoms with E-state index in [4.69, 9.17) is 0 Å². The van der Waals surface area contributed by atoms with Crippen LogP contribution in [0.3, 0.4) is 0 Å². The Hall–Kier alpha value is -1.59. The number of amides is 3. The van der Waals surface area contributed by atoms with Crippen molar-refractivity contribution in [1.29, 1.82) is 0 Å². The summed E-state index contributed by atoms with van der Waals surface area (Å²) in [6.45, 7) is 1.40. The van der Waals surface area contributed by atoms with Gasteiger partial charge in [0.1, 0.15) is 0 Å². The normalized spacial score (nSPS) is 19.4. The van der Waals surface area contributed by atoms with Gasteiger partial charge in [-0.2, -0.15) is 0 Å². The average Bonchev–Trinajstić information content (AvgIpc) is 2.37. The number of piperidine rings is 1. The maximum absolute atomic E-state index is 11.7. The summed E-state index contributed by atoms with van der Waals surface area (Å²) in [7, 11) is 0. The monoisotopic (exact) mass is 281 g/mol. The number of hydrogen-bond acceptors (Lipinski definition) is 3. The first-order chi connectivity index (χ1) is 9.65. The van der Waals surface area contributed by atoms with Gasteiger partial charge in [0.2, 0.25) is 17.7 Å². The van der Waals surface area contributed by atoms with Crippen LogP contribution < -0.4 is 10.6 Å². The topological polar surface area (TPSA) is 78.5 Å². The first kappa shape index (κ1) is 14.8. The van der Waals surface area contributed by atoms with Crippen molar-refractivity contribution in [2.75, 3.05) is 26.2 Å². The summed E-state index contributed by atoms with van der Waals surface area (Å²) in [5.74, 6) is 0.218. The molecule has 1 saturated heterocycles. The minimum Gasteiger partial charge on any atom is -0.354 e. The molecule has 6 heteroatoms. The van der Waals surface area contributed by atoms with Gasteiger partial charge in [-0.15, -0.1) is 0 Å². The number of nitrogens with zero attached hydrogens (tertiary/aromatic N) is 1. The van der Waals surface area contributed by atoms with Crippen molar-refractivity contribution < 1.29 is 14.4 Å². The van der Waals surface area contributed by atoms with Crippen LogP contribution in [0.5, 0.6) is 0 Å². The van der Waals surface area contributed by atoms with Gasteiger partial charge in [-0.05, 0) is 31.6 Å². The second-order valence-corrected chi connectivity index (χ2v) is 5.65. The summed E-state index contributed by atoms with van der Waals surface area (Å²) in [4.78, 5) is 36.3. The van der Waals surface area contributed by atoms with E-state index in [9.17, 15) is 14.4 Å². The van der Waals surface area contributed by atoms with Gasteiger partial charge in [0.05, 0.1) is 13.1 Å². The highest BCUT2D eigenvalue weighted by Gasteiger charge is 2.21. The zero-order valence-corrected chi connectivity index (χ0v) is 11.8. The molecule has 1 aliphatic heterocycles. The molecule has 0 atom stereocenters. The van der Waals surface area contributed by atoms with Crippen molar-refractivity contribution in [3.8, 4) is 0 Å². The summed E-state index contributed by atoms with van der Waals surface area (Å²) in [6, 6.07) is 0. The number of nitrogens with one attached hydrogen (secondary N) is 2. The molecule has 0 unspecified atom stereocenters. The number of rotatable bonds is 6. The van der Waals surface area contributed by atoms with Crippen LogP contribution in [0.1, 0.15) is 38.5 Å².